The first kappa shape index (κ1) is 11.8. The molecule has 0 aliphatic rings. The van der Waals surface area contributed by atoms with Gasteiger partial charge in [0, 0.05) is 6.04 Å². The van der Waals surface area contributed by atoms with E-state index in [9.17, 15) is 4.39 Å². The molecule has 0 saturated heterocycles. The van der Waals surface area contributed by atoms with Gasteiger partial charge in [0.2, 0.25) is 0 Å². The van der Waals surface area contributed by atoms with Crippen molar-refractivity contribution in [3.63, 3.8) is 0 Å². The molecule has 0 aliphatic carbocycles. The summed E-state index contributed by atoms with van der Waals surface area (Å²) in [5, 5.41) is 0. The van der Waals surface area contributed by atoms with Crippen molar-refractivity contribution >= 4 is 0 Å². The minimum Gasteiger partial charge on any atom is -0.324 e. The smallest absolute Gasteiger partial charge is 0.150 e. The molecule has 0 radical (unpaired) electrons. The molecule has 17 heavy (non-hydrogen) atoms. The van der Waals surface area contributed by atoms with E-state index in [0.29, 0.717) is 11.1 Å². The Hall–Kier alpha value is -1.67. The molecule has 0 heterocycles. The molecule has 1 nitrogen and oxygen atoms in total. The average Bonchev–Trinajstić information content (AvgIpc) is 2.39. The Labute approximate surface area is 101 Å². The van der Waals surface area contributed by atoms with E-state index < -0.39 is 6.17 Å². The number of rotatable bonds is 3. The molecule has 2 heteroatoms. The highest BCUT2D eigenvalue weighted by molar-refractivity contribution is 5.32. The summed E-state index contributed by atoms with van der Waals surface area (Å²) >= 11 is 0. The van der Waals surface area contributed by atoms with Crippen LogP contribution in [0.4, 0.5) is 4.39 Å². The lowest BCUT2D eigenvalue weighted by Crippen LogP contribution is -2.05. The van der Waals surface area contributed by atoms with Crippen molar-refractivity contribution in [2.24, 2.45) is 5.73 Å². The lowest BCUT2D eigenvalue weighted by molar-refractivity contribution is 0.402. The molecule has 2 aromatic rings. The average molecular weight is 229 g/mol. The zero-order valence-corrected chi connectivity index (χ0v) is 9.81. The van der Waals surface area contributed by atoms with Gasteiger partial charge in [-0.3, -0.25) is 0 Å². The summed E-state index contributed by atoms with van der Waals surface area (Å²) in [5.74, 6) is 0. The van der Waals surface area contributed by atoms with E-state index in [0.717, 1.165) is 5.56 Å². The zero-order chi connectivity index (χ0) is 12.3. The third-order valence-electron chi connectivity index (χ3n) is 2.85. The molecule has 0 fully saturated rings. The number of halogens is 1. The predicted octanol–water partition coefficient (Wildman–Crippen LogP) is 3.77. The first-order valence-corrected chi connectivity index (χ1v) is 5.73. The molecule has 0 saturated carbocycles. The summed E-state index contributed by atoms with van der Waals surface area (Å²) in [6.07, 6.45) is -1.07. The Morgan fingerprint density at radius 1 is 0.824 bits per heavy atom. The van der Waals surface area contributed by atoms with Crippen LogP contribution < -0.4 is 5.73 Å². The molecule has 0 aliphatic heterocycles. The topological polar surface area (TPSA) is 26.0 Å². The summed E-state index contributed by atoms with van der Waals surface area (Å²) in [6, 6.07) is 16.5. The maximum atomic E-state index is 14.2. The standard InChI is InChI=1S/C15H16FN/c1-11(17)12-7-9-14(10-8-12)15(16)13-5-3-2-4-6-13/h2-11,15H,17H2,1H3. The highest BCUT2D eigenvalue weighted by Gasteiger charge is 2.12. The minimum absolute atomic E-state index is 0.0150. The van der Waals surface area contributed by atoms with E-state index in [1.54, 1.807) is 24.3 Å². The number of nitrogens with two attached hydrogens (primary N) is 1. The lowest BCUT2D eigenvalue weighted by atomic mass is 10.00. The van der Waals surface area contributed by atoms with Gasteiger partial charge in [-0.2, -0.15) is 0 Å². The molecule has 0 amide bonds. The van der Waals surface area contributed by atoms with Crippen molar-refractivity contribution in [1.82, 2.24) is 0 Å². The Bertz CT molecular complexity index is 462. The normalized spacial score (nSPS) is 14.3. The van der Waals surface area contributed by atoms with Crippen molar-refractivity contribution in [3.8, 4) is 0 Å². The van der Waals surface area contributed by atoms with E-state index in [-0.39, 0.29) is 6.04 Å². The summed E-state index contributed by atoms with van der Waals surface area (Å²) in [5.41, 5.74) is 8.13. The van der Waals surface area contributed by atoms with E-state index in [4.69, 9.17) is 5.73 Å². The second kappa shape index (κ2) is 5.11. The van der Waals surface area contributed by atoms with Crippen LogP contribution in [0.2, 0.25) is 0 Å². The van der Waals surface area contributed by atoms with E-state index in [1.807, 2.05) is 37.3 Å². The summed E-state index contributed by atoms with van der Waals surface area (Å²) in [4.78, 5) is 0. The maximum Gasteiger partial charge on any atom is 0.150 e. The molecule has 0 spiro atoms. The van der Waals surface area contributed by atoms with Crippen LogP contribution in [0.25, 0.3) is 0 Å². The molecule has 2 atom stereocenters. The van der Waals surface area contributed by atoms with Crippen molar-refractivity contribution < 1.29 is 4.39 Å². The van der Waals surface area contributed by atoms with Crippen LogP contribution in [-0.4, -0.2) is 0 Å². The Morgan fingerprint density at radius 2 is 1.29 bits per heavy atom. The van der Waals surface area contributed by atoms with Gasteiger partial charge in [-0.1, -0.05) is 54.6 Å². The quantitative estimate of drug-likeness (QED) is 0.852. The molecule has 2 rings (SSSR count). The van der Waals surface area contributed by atoms with Gasteiger partial charge in [0.1, 0.15) is 0 Å². The third kappa shape index (κ3) is 2.71. The Morgan fingerprint density at radius 3 is 1.82 bits per heavy atom. The second-order valence-electron chi connectivity index (χ2n) is 4.23. The van der Waals surface area contributed by atoms with Crippen LogP contribution >= 0.6 is 0 Å². The zero-order valence-electron chi connectivity index (χ0n) is 9.81. The van der Waals surface area contributed by atoms with Crippen LogP contribution in [0.1, 0.15) is 35.8 Å². The van der Waals surface area contributed by atoms with E-state index >= 15 is 0 Å². The maximum absolute atomic E-state index is 14.2. The molecular weight excluding hydrogens is 213 g/mol. The van der Waals surface area contributed by atoms with E-state index in [2.05, 4.69) is 0 Å². The van der Waals surface area contributed by atoms with Crippen LogP contribution in [0.15, 0.2) is 54.6 Å². The van der Waals surface area contributed by atoms with Crippen molar-refractivity contribution in [2.45, 2.75) is 19.1 Å². The largest absolute Gasteiger partial charge is 0.324 e. The number of benzene rings is 2. The number of hydrogen-bond donors (Lipinski definition) is 1. The summed E-state index contributed by atoms with van der Waals surface area (Å²) in [7, 11) is 0. The van der Waals surface area contributed by atoms with Gasteiger partial charge in [-0.25, -0.2) is 4.39 Å². The molecule has 0 aromatic heterocycles. The Kier molecular flexibility index (Phi) is 3.55. The van der Waals surface area contributed by atoms with Gasteiger partial charge in [0.05, 0.1) is 0 Å². The number of hydrogen-bond acceptors (Lipinski definition) is 1. The van der Waals surface area contributed by atoms with Crippen molar-refractivity contribution in [1.29, 1.82) is 0 Å². The second-order valence-corrected chi connectivity index (χ2v) is 4.23. The van der Waals surface area contributed by atoms with Gasteiger partial charge in [-0.05, 0) is 23.6 Å². The number of alkyl halides is 1. The van der Waals surface area contributed by atoms with Crippen LogP contribution in [0, 0.1) is 0 Å². The van der Waals surface area contributed by atoms with Crippen LogP contribution in [-0.2, 0) is 0 Å². The monoisotopic (exact) mass is 229 g/mol. The molecule has 2 N–H and O–H groups in total. The SMILES string of the molecule is CC(N)c1ccc(C(F)c2ccccc2)cc1. The molecular formula is C15H16FN. The Balaban J connectivity index is 2.23. The fourth-order valence-corrected chi connectivity index (χ4v) is 1.78. The van der Waals surface area contributed by atoms with Crippen LogP contribution in [0.5, 0.6) is 0 Å². The highest BCUT2D eigenvalue weighted by atomic mass is 19.1. The van der Waals surface area contributed by atoms with Gasteiger partial charge < -0.3 is 5.73 Å². The third-order valence-corrected chi connectivity index (χ3v) is 2.85. The summed E-state index contributed by atoms with van der Waals surface area (Å²) < 4.78 is 14.2. The van der Waals surface area contributed by atoms with Crippen LogP contribution in [0.3, 0.4) is 0 Å². The van der Waals surface area contributed by atoms with E-state index in [1.165, 1.54) is 0 Å². The fourth-order valence-electron chi connectivity index (χ4n) is 1.78. The lowest BCUT2D eigenvalue weighted by Gasteiger charge is -2.11. The molecule has 0 bridgehead atoms. The van der Waals surface area contributed by atoms with Gasteiger partial charge >= 0.3 is 0 Å². The minimum atomic E-state index is -1.07. The van der Waals surface area contributed by atoms with Gasteiger partial charge in [0.15, 0.2) is 6.17 Å². The van der Waals surface area contributed by atoms with Gasteiger partial charge in [-0.15, -0.1) is 0 Å². The predicted molar refractivity (Wildman–Crippen MR) is 68.4 cm³/mol. The molecule has 2 unspecified atom stereocenters. The van der Waals surface area contributed by atoms with Crippen molar-refractivity contribution in [3.05, 3.63) is 71.3 Å². The van der Waals surface area contributed by atoms with Crippen molar-refractivity contribution in [2.75, 3.05) is 0 Å². The summed E-state index contributed by atoms with van der Waals surface area (Å²) in [6.45, 7) is 1.92. The highest BCUT2D eigenvalue weighted by Crippen LogP contribution is 2.26. The van der Waals surface area contributed by atoms with Gasteiger partial charge in [0.25, 0.3) is 0 Å². The first-order valence-electron chi connectivity index (χ1n) is 5.73. The molecule has 88 valence electrons. The first-order chi connectivity index (χ1) is 8.18. The molecule has 2 aromatic carbocycles. The fraction of sp³-hybridized carbons (Fsp3) is 0.200.